The lowest BCUT2D eigenvalue weighted by Crippen LogP contribution is -2.26. The van der Waals surface area contributed by atoms with E-state index in [0.717, 1.165) is 42.9 Å². The molecule has 1 fully saturated rings. The summed E-state index contributed by atoms with van der Waals surface area (Å²) < 4.78 is 5.95. The third kappa shape index (κ3) is 3.00. The molecule has 1 aromatic heterocycles. The molecule has 2 rings (SSSR count). The second kappa shape index (κ2) is 6.07. The summed E-state index contributed by atoms with van der Waals surface area (Å²) in [7, 11) is 0. The van der Waals surface area contributed by atoms with E-state index in [4.69, 9.17) is 15.7 Å². The van der Waals surface area contributed by atoms with Crippen LogP contribution in [0.15, 0.2) is 5.16 Å². The molecule has 0 saturated heterocycles. The predicted octanol–water partition coefficient (Wildman–Crippen LogP) is 2.15. The van der Waals surface area contributed by atoms with Gasteiger partial charge in [0.2, 0.25) is 5.88 Å². The number of nitrogens with zero attached hydrogens (tertiary/aromatic N) is 3. The van der Waals surface area contributed by atoms with Gasteiger partial charge in [0.15, 0.2) is 5.84 Å². The molecule has 0 amide bonds. The first-order valence-electron chi connectivity index (χ1n) is 7.01. The summed E-state index contributed by atoms with van der Waals surface area (Å²) in [6.45, 7) is 5.96. The van der Waals surface area contributed by atoms with Gasteiger partial charge in [0, 0.05) is 0 Å². The second-order valence-electron chi connectivity index (χ2n) is 5.58. The predicted molar refractivity (Wildman–Crippen MR) is 76.1 cm³/mol. The fourth-order valence-corrected chi connectivity index (χ4v) is 2.53. The van der Waals surface area contributed by atoms with Crippen molar-refractivity contribution in [1.82, 2.24) is 10.2 Å². The Hall–Kier alpha value is -1.85. The summed E-state index contributed by atoms with van der Waals surface area (Å²) in [4.78, 5) is 0. The Morgan fingerprint density at radius 3 is 2.50 bits per heavy atom. The summed E-state index contributed by atoms with van der Waals surface area (Å²) in [5, 5.41) is 20.1. The standard InChI is InChI=1S/C14H22N4O2/c1-8-4-6-11(7-5-8)20-14-12(13(15)18-19)9(2)10(3)16-17-14/h8,11,19H,4-7H2,1-3H3,(H2,15,18). The van der Waals surface area contributed by atoms with E-state index in [1.807, 2.05) is 13.8 Å². The van der Waals surface area contributed by atoms with Gasteiger partial charge in [0.25, 0.3) is 0 Å². The molecule has 0 bridgehead atoms. The Morgan fingerprint density at radius 1 is 1.25 bits per heavy atom. The third-order valence-electron chi connectivity index (χ3n) is 4.03. The van der Waals surface area contributed by atoms with Crippen LogP contribution in [0.4, 0.5) is 0 Å². The number of amidine groups is 1. The maximum atomic E-state index is 8.93. The molecular weight excluding hydrogens is 256 g/mol. The van der Waals surface area contributed by atoms with Crippen molar-refractivity contribution in [3.05, 3.63) is 16.8 Å². The van der Waals surface area contributed by atoms with Crippen LogP contribution in [0.2, 0.25) is 0 Å². The number of aryl methyl sites for hydroxylation is 1. The van der Waals surface area contributed by atoms with Crippen LogP contribution in [0, 0.1) is 19.8 Å². The Balaban J connectivity index is 2.25. The first kappa shape index (κ1) is 14.6. The van der Waals surface area contributed by atoms with Gasteiger partial charge >= 0.3 is 0 Å². The molecular formula is C14H22N4O2. The molecule has 1 heterocycles. The van der Waals surface area contributed by atoms with Gasteiger partial charge in [0.05, 0.1) is 11.3 Å². The van der Waals surface area contributed by atoms with E-state index in [1.165, 1.54) is 0 Å². The molecule has 1 aromatic rings. The van der Waals surface area contributed by atoms with E-state index in [9.17, 15) is 0 Å². The number of nitrogens with two attached hydrogens (primary N) is 1. The van der Waals surface area contributed by atoms with Crippen LogP contribution in [0.25, 0.3) is 0 Å². The summed E-state index contributed by atoms with van der Waals surface area (Å²) in [5.74, 6) is 1.13. The van der Waals surface area contributed by atoms with Gasteiger partial charge in [-0.25, -0.2) is 0 Å². The van der Waals surface area contributed by atoms with Gasteiger partial charge in [-0.15, -0.1) is 5.10 Å². The quantitative estimate of drug-likeness (QED) is 0.382. The van der Waals surface area contributed by atoms with E-state index in [-0.39, 0.29) is 11.9 Å². The van der Waals surface area contributed by atoms with Crippen LogP contribution in [-0.4, -0.2) is 27.3 Å². The summed E-state index contributed by atoms with van der Waals surface area (Å²) in [5.41, 5.74) is 7.86. The van der Waals surface area contributed by atoms with Crippen molar-refractivity contribution in [3.8, 4) is 5.88 Å². The number of rotatable bonds is 3. The number of aromatic nitrogens is 2. The van der Waals surface area contributed by atoms with Gasteiger partial charge < -0.3 is 15.7 Å². The maximum absolute atomic E-state index is 8.93. The monoisotopic (exact) mass is 278 g/mol. The Morgan fingerprint density at radius 2 is 1.90 bits per heavy atom. The van der Waals surface area contributed by atoms with Crippen molar-refractivity contribution in [2.24, 2.45) is 16.8 Å². The lowest BCUT2D eigenvalue weighted by molar-refractivity contribution is 0.128. The largest absolute Gasteiger partial charge is 0.473 e. The minimum atomic E-state index is 0.0136. The molecule has 0 spiro atoms. The third-order valence-corrected chi connectivity index (χ3v) is 4.03. The second-order valence-corrected chi connectivity index (χ2v) is 5.58. The van der Waals surface area contributed by atoms with E-state index >= 15 is 0 Å². The van der Waals surface area contributed by atoms with Crippen molar-refractivity contribution in [2.75, 3.05) is 0 Å². The Labute approximate surface area is 119 Å². The Kier molecular flexibility index (Phi) is 4.42. The zero-order valence-corrected chi connectivity index (χ0v) is 12.3. The lowest BCUT2D eigenvalue weighted by Gasteiger charge is -2.27. The molecule has 20 heavy (non-hydrogen) atoms. The smallest absolute Gasteiger partial charge is 0.245 e. The minimum Gasteiger partial charge on any atom is -0.473 e. The van der Waals surface area contributed by atoms with E-state index in [1.54, 1.807) is 0 Å². The number of hydrogen-bond donors (Lipinski definition) is 2. The normalized spacial score (nSPS) is 23.6. The molecule has 6 heteroatoms. The molecule has 1 aliphatic rings. The van der Waals surface area contributed by atoms with Crippen molar-refractivity contribution < 1.29 is 9.94 Å². The van der Waals surface area contributed by atoms with Crippen molar-refractivity contribution in [1.29, 1.82) is 0 Å². The number of oxime groups is 1. The highest BCUT2D eigenvalue weighted by Crippen LogP contribution is 2.28. The van der Waals surface area contributed by atoms with Crippen molar-refractivity contribution >= 4 is 5.84 Å². The maximum Gasteiger partial charge on any atom is 0.245 e. The SMILES string of the molecule is Cc1nnc(OC2CCC(C)CC2)c(/C(N)=N/O)c1C. The number of ether oxygens (including phenoxy) is 1. The van der Waals surface area contributed by atoms with Crippen LogP contribution in [0.5, 0.6) is 5.88 Å². The minimum absolute atomic E-state index is 0.0136. The summed E-state index contributed by atoms with van der Waals surface area (Å²) in [6, 6.07) is 0. The summed E-state index contributed by atoms with van der Waals surface area (Å²) in [6.07, 6.45) is 4.45. The fourth-order valence-electron chi connectivity index (χ4n) is 2.53. The van der Waals surface area contributed by atoms with Crippen molar-refractivity contribution in [3.63, 3.8) is 0 Å². The van der Waals surface area contributed by atoms with E-state index in [0.29, 0.717) is 11.4 Å². The van der Waals surface area contributed by atoms with Gasteiger partial charge in [-0.3, -0.25) is 0 Å². The van der Waals surface area contributed by atoms with Gasteiger partial charge in [-0.1, -0.05) is 12.1 Å². The van der Waals surface area contributed by atoms with Crippen LogP contribution in [-0.2, 0) is 0 Å². The zero-order chi connectivity index (χ0) is 14.7. The first-order chi connectivity index (χ1) is 9.52. The van der Waals surface area contributed by atoms with E-state index < -0.39 is 0 Å². The highest BCUT2D eigenvalue weighted by Gasteiger charge is 2.23. The van der Waals surface area contributed by atoms with Crippen LogP contribution >= 0.6 is 0 Å². The zero-order valence-electron chi connectivity index (χ0n) is 12.3. The molecule has 6 nitrogen and oxygen atoms in total. The highest BCUT2D eigenvalue weighted by molar-refractivity contribution is 6.00. The molecule has 3 N–H and O–H groups in total. The molecule has 0 radical (unpaired) electrons. The molecule has 0 unspecified atom stereocenters. The topological polar surface area (TPSA) is 93.6 Å². The molecule has 0 aromatic carbocycles. The summed E-state index contributed by atoms with van der Waals surface area (Å²) >= 11 is 0. The Bertz CT molecular complexity index is 508. The average molecular weight is 278 g/mol. The number of hydrogen-bond acceptors (Lipinski definition) is 5. The van der Waals surface area contributed by atoms with Crippen LogP contribution < -0.4 is 10.5 Å². The van der Waals surface area contributed by atoms with Gasteiger partial charge in [-0.05, 0) is 51.0 Å². The van der Waals surface area contributed by atoms with Gasteiger partial charge in [-0.2, -0.15) is 5.10 Å². The molecule has 110 valence electrons. The average Bonchev–Trinajstić information content (AvgIpc) is 2.45. The van der Waals surface area contributed by atoms with Crippen LogP contribution in [0.3, 0.4) is 0 Å². The van der Waals surface area contributed by atoms with Crippen LogP contribution in [0.1, 0.15) is 49.4 Å². The first-order valence-corrected chi connectivity index (χ1v) is 7.01. The molecule has 1 saturated carbocycles. The lowest BCUT2D eigenvalue weighted by atomic mass is 9.89. The molecule has 0 aliphatic heterocycles. The fraction of sp³-hybridized carbons (Fsp3) is 0.643. The molecule has 1 aliphatic carbocycles. The van der Waals surface area contributed by atoms with Crippen molar-refractivity contribution in [2.45, 2.75) is 52.6 Å². The highest BCUT2D eigenvalue weighted by atomic mass is 16.5. The van der Waals surface area contributed by atoms with E-state index in [2.05, 4.69) is 22.3 Å². The molecule has 0 atom stereocenters. The van der Waals surface area contributed by atoms with Gasteiger partial charge in [0.1, 0.15) is 6.10 Å².